The number of piperidine rings is 1. The van der Waals surface area contributed by atoms with Crippen LogP contribution in [0.2, 0.25) is 5.02 Å². The molecule has 1 aromatic carbocycles. The monoisotopic (exact) mass is 340 g/mol. The van der Waals surface area contributed by atoms with E-state index in [1.807, 2.05) is 12.1 Å². The van der Waals surface area contributed by atoms with Crippen LogP contribution in [0.4, 0.5) is 4.79 Å². The van der Waals surface area contributed by atoms with E-state index in [4.69, 9.17) is 26.8 Å². The summed E-state index contributed by atoms with van der Waals surface area (Å²) in [5.74, 6) is -0.466. The van der Waals surface area contributed by atoms with Gasteiger partial charge in [-0.25, -0.2) is 4.79 Å². The molecule has 126 valence electrons. The molecular weight excluding hydrogens is 320 g/mol. The summed E-state index contributed by atoms with van der Waals surface area (Å²) in [6.45, 7) is 0.917. The average molecular weight is 341 g/mol. The van der Waals surface area contributed by atoms with E-state index in [9.17, 15) is 9.59 Å². The van der Waals surface area contributed by atoms with Crippen LogP contribution in [0.25, 0.3) is 0 Å². The van der Waals surface area contributed by atoms with Gasteiger partial charge in [0.25, 0.3) is 0 Å². The Morgan fingerprint density at radius 3 is 2.22 bits per heavy atom. The fourth-order valence-corrected chi connectivity index (χ4v) is 3.26. The maximum Gasteiger partial charge on any atom is 0.409 e. The van der Waals surface area contributed by atoms with Crippen molar-refractivity contribution in [1.29, 1.82) is 0 Å². The number of carbonyl (C=O) groups is 2. The number of amides is 1. The van der Waals surface area contributed by atoms with Gasteiger partial charge in [-0.05, 0) is 30.5 Å². The molecule has 1 saturated heterocycles. The molecule has 0 bridgehead atoms. The number of rotatable bonds is 3. The lowest BCUT2D eigenvalue weighted by molar-refractivity contribution is -0.144. The minimum absolute atomic E-state index is 0.374. The molecule has 0 saturated carbocycles. The number of ether oxygens (including phenoxy) is 2. The third kappa shape index (κ3) is 3.43. The molecule has 23 heavy (non-hydrogen) atoms. The summed E-state index contributed by atoms with van der Waals surface area (Å²) in [6, 6.07) is 6.48. The van der Waals surface area contributed by atoms with E-state index in [0.29, 0.717) is 31.0 Å². The minimum Gasteiger partial charge on any atom is -0.468 e. The summed E-state index contributed by atoms with van der Waals surface area (Å²) in [7, 11) is 2.67. The number of nitrogens with two attached hydrogens (primary N) is 1. The molecule has 1 aromatic rings. The predicted octanol–water partition coefficient (Wildman–Crippen LogP) is 1.94. The summed E-state index contributed by atoms with van der Waals surface area (Å²) >= 11 is 5.96. The van der Waals surface area contributed by atoms with Crippen molar-refractivity contribution in [3.8, 4) is 0 Å². The van der Waals surface area contributed by atoms with Gasteiger partial charge in [0.2, 0.25) is 0 Å². The van der Waals surface area contributed by atoms with Crippen LogP contribution in [0, 0.1) is 0 Å². The van der Waals surface area contributed by atoms with Crippen LogP contribution in [0.3, 0.4) is 0 Å². The van der Waals surface area contributed by atoms with Crippen LogP contribution >= 0.6 is 11.6 Å². The highest BCUT2D eigenvalue weighted by Crippen LogP contribution is 2.39. The SMILES string of the molecule is COC(=O)[C@@H](N)C1(c2ccc(Cl)cc2)CCN(C(=O)OC)CC1. The van der Waals surface area contributed by atoms with Crippen molar-refractivity contribution in [3.05, 3.63) is 34.9 Å². The Kier molecular flexibility index (Phi) is 5.49. The number of halogens is 1. The van der Waals surface area contributed by atoms with Crippen LogP contribution in [0.15, 0.2) is 24.3 Å². The van der Waals surface area contributed by atoms with Gasteiger partial charge in [0.1, 0.15) is 6.04 Å². The fourth-order valence-electron chi connectivity index (χ4n) is 3.13. The van der Waals surface area contributed by atoms with Crippen molar-refractivity contribution < 1.29 is 19.1 Å². The van der Waals surface area contributed by atoms with Crippen LogP contribution in [0.1, 0.15) is 18.4 Å². The second-order valence-corrected chi connectivity index (χ2v) is 6.06. The maximum atomic E-state index is 12.0. The summed E-state index contributed by atoms with van der Waals surface area (Å²) in [4.78, 5) is 25.3. The number of likely N-dealkylation sites (tertiary alicyclic amines) is 1. The Bertz CT molecular complexity index is 568. The molecule has 1 aliphatic rings. The number of esters is 1. The summed E-state index contributed by atoms with van der Waals surface area (Å²) in [5, 5.41) is 0.613. The Hall–Kier alpha value is -1.79. The maximum absolute atomic E-state index is 12.0. The van der Waals surface area contributed by atoms with Crippen LogP contribution in [-0.2, 0) is 19.7 Å². The molecule has 7 heteroatoms. The minimum atomic E-state index is -0.812. The Labute approximate surface area is 140 Å². The fraction of sp³-hybridized carbons (Fsp3) is 0.500. The van der Waals surface area contributed by atoms with E-state index in [1.165, 1.54) is 14.2 Å². The first-order valence-corrected chi connectivity index (χ1v) is 7.75. The zero-order valence-corrected chi connectivity index (χ0v) is 14.0. The summed E-state index contributed by atoms with van der Waals surface area (Å²) in [5.41, 5.74) is 6.54. The molecule has 0 aliphatic carbocycles. The van der Waals surface area contributed by atoms with Crippen molar-refractivity contribution in [3.63, 3.8) is 0 Å². The molecule has 2 rings (SSSR count). The highest BCUT2D eigenvalue weighted by molar-refractivity contribution is 6.30. The van der Waals surface area contributed by atoms with Crippen molar-refractivity contribution in [2.24, 2.45) is 5.73 Å². The highest BCUT2D eigenvalue weighted by Gasteiger charge is 2.46. The molecule has 0 radical (unpaired) electrons. The third-order valence-electron chi connectivity index (χ3n) is 4.56. The smallest absolute Gasteiger partial charge is 0.409 e. The standard InChI is InChI=1S/C16H21ClN2O4/c1-22-14(20)13(18)16(11-3-5-12(17)6-4-11)7-9-19(10-8-16)15(21)23-2/h3-6,13H,7-10,18H2,1-2H3/t13-/m1/s1. The van der Waals surface area contributed by atoms with Crippen molar-refractivity contribution in [2.45, 2.75) is 24.3 Å². The lowest BCUT2D eigenvalue weighted by Crippen LogP contribution is -2.57. The van der Waals surface area contributed by atoms with Gasteiger partial charge in [-0.1, -0.05) is 23.7 Å². The second kappa shape index (κ2) is 7.19. The molecule has 1 atom stereocenters. The summed E-state index contributed by atoms with van der Waals surface area (Å²) in [6.07, 6.45) is 0.710. The highest BCUT2D eigenvalue weighted by atomic mass is 35.5. The van der Waals surface area contributed by atoms with Crippen molar-refractivity contribution in [1.82, 2.24) is 4.90 Å². The van der Waals surface area contributed by atoms with E-state index in [2.05, 4.69) is 0 Å². The van der Waals surface area contributed by atoms with Gasteiger partial charge in [-0.15, -0.1) is 0 Å². The van der Waals surface area contributed by atoms with E-state index in [0.717, 1.165) is 5.56 Å². The molecule has 0 aromatic heterocycles. The largest absolute Gasteiger partial charge is 0.468 e. The zero-order valence-electron chi connectivity index (χ0n) is 13.3. The van der Waals surface area contributed by atoms with Crippen molar-refractivity contribution >= 4 is 23.7 Å². The lowest BCUT2D eigenvalue weighted by Gasteiger charge is -2.44. The molecule has 2 N–H and O–H groups in total. The van der Waals surface area contributed by atoms with Crippen molar-refractivity contribution in [2.75, 3.05) is 27.3 Å². The number of nitrogens with zero attached hydrogens (tertiary/aromatic N) is 1. The summed E-state index contributed by atoms with van der Waals surface area (Å²) < 4.78 is 9.59. The average Bonchev–Trinajstić information content (AvgIpc) is 2.60. The Balaban J connectivity index is 2.32. The van der Waals surface area contributed by atoms with Gasteiger partial charge in [0.15, 0.2) is 0 Å². The molecule has 1 heterocycles. The van der Waals surface area contributed by atoms with Gasteiger partial charge in [-0.3, -0.25) is 4.79 Å². The van der Waals surface area contributed by atoms with E-state index >= 15 is 0 Å². The Morgan fingerprint density at radius 1 is 1.17 bits per heavy atom. The number of hydrogen-bond acceptors (Lipinski definition) is 5. The zero-order chi connectivity index (χ0) is 17.0. The molecule has 0 spiro atoms. The number of benzene rings is 1. The first kappa shape index (κ1) is 17.6. The van der Waals surface area contributed by atoms with Crippen LogP contribution in [0.5, 0.6) is 0 Å². The van der Waals surface area contributed by atoms with Gasteiger partial charge < -0.3 is 20.1 Å². The predicted molar refractivity (Wildman–Crippen MR) is 86.3 cm³/mol. The number of methoxy groups -OCH3 is 2. The second-order valence-electron chi connectivity index (χ2n) is 5.62. The first-order chi connectivity index (χ1) is 10.9. The van der Waals surface area contributed by atoms with Gasteiger partial charge >= 0.3 is 12.1 Å². The molecular formula is C16H21ClN2O4. The first-order valence-electron chi connectivity index (χ1n) is 7.37. The van der Waals surface area contributed by atoms with Crippen LogP contribution in [-0.4, -0.2) is 50.3 Å². The van der Waals surface area contributed by atoms with E-state index < -0.39 is 17.4 Å². The topological polar surface area (TPSA) is 81.9 Å². The number of hydrogen-bond donors (Lipinski definition) is 1. The van der Waals surface area contributed by atoms with Gasteiger partial charge in [0, 0.05) is 23.5 Å². The molecule has 6 nitrogen and oxygen atoms in total. The van der Waals surface area contributed by atoms with Gasteiger partial charge in [-0.2, -0.15) is 0 Å². The molecule has 1 fully saturated rings. The molecule has 0 unspecified atom stereocenters. The van der Waals surface area contributed by atoms with E-state index in [1.54, 1.807) is 17.0 Å². The Morgan fingerprint density at radius 2 is 1.74 bits per heavy atom. The quantitative estimate of drug-likeness (QED) is 0.850. The molecule has 1 aliphatic heterocycles. The molecule has 1 amide bonds. The third-order valence-corrected chi connectivity index (χ3v) is 4.81. The van der Waals surface area contributed by atoms with E-state index in [-0.39, 0.29) is 6.09 Å². The van der Waals surface area contributed by atoms with Crippen LogP contribution < -0.4 is 5.73 Å². The van der Waals surface area contributed by atoms with Gasteiger partial charge in [0.05, 0.1) is 14.2 Å². The normalized spacial score (nSPS) is 18.2. The lowest BCUT2D eigenvalue weighted by atomic mass is 9.68. The number of carbonyl (C=O) groups excluding carboxylic acids is 2.